The molecule has 0 saturated carbocycles. The van der Waals surface area contributed by atoms with Gasteiger partial charge < -0.3 is 15.4 Å². The van der Waals surface area contributed by atoms with E-state index in [0.29, 0.717) is 29.4 Å². The van der Waals surface area contributed by atoms with Gasteiger partial charge in [0.1, 0.15) is 5.82 Å². The van der Waals surface area contributed by atoms with Gasteiger partial charge >= 0.3 is 0 Å². The number of hydrogen-bond donors (Lipinski definition) is 2. The van der Waals surface area contributed by atoms with Gasteiger partial charge in [0.25, 0.3) is 5.91 Å². The van der Waals surface area contributed by atoms with E-state index >= 15 is 0 Å². The lowest BCUT2D eigenvalue weighted by molar-refractivity contribution is 0.102. The SMILES string of the molecule is COCCNc1ccc(NC(=O)c2ccccc2Cl)cn1. The van der Waals surface area contributed by atoms with Gasteiger partial charge in [-0.15, -0.1) is 0 Å². The summed E-state index contributed by atoms with van der Waals surface area (Å²) in [7, 11) is 1.64. The number of nitrogens with zero attached hydrogens (tertiary/aromatic N) is 1. The Bertz CT molecular complexity index is 602. The van der Waals surface area contributed by atoms with Crippen molar-refractivity contribution < 1.29 is 9.53 Å². The molecule has 110 valence electrons. The van der Waals surface area contributed by atoms with Crippen molar-refractivity contribution in [1.82, 2.24) is 4.98 Å². The number of anilines is 2. The zero-order valence-corrected chi connectivity index (χ0v) is 12.4. The molecule has 5 nitrogen and oxygen atoms in total. The van der Waals surface area contributed by atoms with Crippen LogP contribution in [0.15, 0.2) is 42.6 Å². The molecule has 0 fully saturated rings. The molecule has 2 N–H and O–H groups in total. The van der Waals surface area contributed by atoms with E-state index in [2.05, 4.69) is 15.6 Å². The molecule has 21 heavy (non-hydrogen) atoms. The fourth-order valence-corrected chi connectivity index (χ4v) is 1.92. The second-order valence-electron chi connectivity index (χ2n) is 4.29. The van der Waals surface area contributed by atoms with Crippen molar-refractivity contribution in [3.05, 3.63) is 53.2 Å². The van der Waals surface area contributed by atoms with E-state index in [1.54, 1.807) is 49.7 Å². The number of nitrogens with one attached hydrogen (secondary N) is 2. The van der Waals surface area contributed by atoms with E-state index in [-0.39, 0.29) is 5.91 Å². The van der Waals surface area contributed by atoms with Gasteiger partial charge in [-0.05, 0) is 24.3 Å². The number of aromatic nitrogens is 1. The lowest BCUT2D eigenvalue weighted by Crippen LogP contribution is -2.13. The first-order valence-electron chi connectivity index (χ1n) is 6.45. The molecule has 0 aliphatic carbocycles. The third-order valence-electron chi connectivity index (χ3n) is 2.75. The van der Waals surface area contributed by atoms with Crippen LogP contribution in [0.3, 0.4) is 0 Å². The van der Waals surface area contributed by atoms with Gasteiger partial charge in [-0.1, -0.05) is 23.7 Å². The van der Waals surface area contributed by atoms with E-state index in [4.69, 9.17) is 16.3 Å². The first-order chi connectivity index (χ1) is 10.2. The van der Waals surface area contributed by atoms with Crippen LogP contribution in [0.2, 0.25) is 5.02 Å². The van der Waals surface area contributed by atoms with E-state index in [1.165, 1.54) is 0 Å². The van der Waals surface area contributed by atoms with Crippen LogP contribution in [0.25, 0.3) is 0 Å². The number of methoxy groups -OCH3 is 1. The largest absolute Gasteiger partial charge is 0.383 e. The van der Waals surface area contributed by atoms with Gasteiger partial charge in [-0.25, -0.2) is 4.98 Å². The molecule has 0 radical (unpaired) electrons. The zero-order valence-electron chi connectivity index (χ0n) is 11.6. The fraction of sp³-hybridized carbons (Fsp3) is 0.200. The fourth-order valence-electron chi connectivity index (χ4n) is 1.70. The summed E-state index contributed by atoms with van der Waals surface area (Å²) in [5, 5.41) is 6.27. The molecule has 1 amide bonds. The number of amides is 1. The van der Waals surface area contributed by atoms with Crippen LogP contribution in [-0.2, 0) is 4.74 Å². The number of carbonyl (C=O) groups excluding carboxylic acids is 1. The third-order valence-corrected chi connectivity index (χ3v) is 3.08. The summed E-state index contributed by atoms with van der Waals surface area (Å²) in [6.07, 6.45) is 1.59. The monoisotopic (exact) mass is 305 g/mol. The minimum atomic E-state index is -0.262. The van der Waals surface area contributed by atoms with Crippen LogP contribution in [-0.4, -0.2) is 31.2 Å². The quantitative estimate of drug-likeness (QED) is 0.805. The summed E-state index contributed by atoms with van der Waals surface area (Å²) >= 11 is 5.98. The number of ether oxygens (including phenoxy) is 1. The number of halogens is 1. The Labute approximate surface area is 128 Å². The van der Waals surface area contributed by atoms with E-state index in [0.717, 1.165) is 5.82 Å². The van der Waals surface area contributed by atoms with Gasteiger partial charge in [-0.2, -0.15) is 0 Å². The van der Waals surface area contributed by atoms with E-state index in [1.807, 2.05) is 0 Å². The molecule has 0 bridgehead atoms. The standard InChI is InChI=1S/C15H16ClN3O2/c1-21-9-8-17-14-7-6-11(10-18-14)19-15(20)12-4-2-3-5-13(12)16/h2-7,10H,8-9H2,1H3,(H,17,18)(H,19,20). The Balaban J connectivity index is 1.97. The Kier molecular flexibility index (Phi) is 5.54. The van der Waals surface area contributed by atoms with Crippen LogP contribution in [0.5, 0.6) is 0 Å². The molecule has 1 aromatic heterocycles. The second-order valence-corrected chi connectivity index (χ2v) is 4.69. The predicted octanol–water partition coefficient (Wildman–Crippen LogP) is 3.05. The Morgan fingerprint density at radius 3 is 2.76 bits per heavy atom. The Hall–Kier alpha value is -2.11. The molecular weight excluding hydrogens is 290 g/mol. The number of carbonyl (C=O) groups is 1. The lowest BCUT2D eigenvalue weighted by Gasteiger charge is -2.08. The first kappa shape index (κ1) is 15.3. The van der Waals surface area contributed by atoms with Gasteiger partial charge in [-0.3, -0.25) is 4.79 Å². The normalized spacial score (nSPS) is 10.2. The average molecular weight is 306 g/mol. The number of hydrogen-bond acceptors (Lipinski definition) is 4. The number of pyridine rings is 1. The molecule has 0 atom stereocenters. The van der Waals surface area contributed by atoms with Crippen LogP contribution in [0, 0.1) is 0 Å². The van der Waals surface area contributed by atoms with E-state index in [9.17, 15) is 4.79 Å². The number of rotatable bonds is 6. The second kappa shape index (κ2) is 7.61. The van der Waals surface area contributed by atoms with Crippen LogP contribution < -0.4 is 10.6 Å². The molecule has 0 spiro atoms. The van der Waals surface area contributed by atoms with Gasteiger partial charge in [0.15, 0.2) is 0 Å². The molecule has 0 aliphatic rings. The predicted molar refractivity (Wildman–Crippen MR) is 84.0 cm³/mol. The van der Waals surface area contributed by atoms with Crippen molar-refractivity contribution in [3.63, 3.8) is 0 Å². The molecule has 1 heterocycles. The van der Waals surface area contributed by atoms with Crippen molar-refractivity contribution in [2.24, 2.45) is 0 Å². The van der Waals surface area contributed by atoms with Crippen LogP contribution in [0.4, 0.5) is 11.5 Å². The average Bonchev–Trinajstić information content (AvgIpc) is 2.49. The first-order valence-corrected chi connectivity index (χ1v) is 6.83. The zero-order chi connectivity index (χ0) is 15.1. The highest BCUT2D eigenvalue weighted by Gasteiger charge is 2.09. The molecule has 0 aliphatic heterocycles. The highest BCUT2D eigenvalue weighted by molar-refractivity contribution is 6.34. The molecule has 2 aromatic rings. The maximum absolute atomic E-state index is 12.1. The van der Waals surface area contributed by atoms with Crippen LogP contribution >= 0.6 is 11.6 Å². The minimum absolute atomic E-state index is 0.262. The maximum atomic E-state index is 12.1. The summed E-state index contributed by atoms with van der Waals surface area (Å²) < 4.78 is 4.94. The van der Waals surface area contributed by atoms with Crippen molar-refractivity contribution in [3.8, 4) is 0 Å². The summed E-state index contributed by atoms with van der Waals surface area (Å²) in [6, 6.07) is 10.5. The minimum Gasteiger partial charge on any atom is -0.383 e. The molecular formula is C15H16ClN3O2. The van der Waals surface area contributed by atoms with Crippen molar-refractivity contribution >= 4 is 29.0 Å². The van der Waals surface area contributed by atoms with Crippen molar-refractivity contribution in [1.29, 1.82) is 0 Å². The van der Waals surface area contributed by atoms with Crippen molar-refractivity contribution in [2.45, 2.75) is 0 Å². The van der Waals surface area contributed by atoms with E-state index < -0.39 is 0 Å². The molecule has 0 saturated heterocycles. The van der Waals surface area contributed by atoms with Gasteiger partial charge in [0.05, 0.1) is 29.1 Å². The highest BCUT2D eigenvalue weighted by atomic mass is 35.5. The smallest absolute Gasteiger partial charge is 0.257 e. The van der Waals surface area contributed by atoms with Crippen LogP contribution in [0.1, 0.15) is 10.4 Å². The highest BCUT2D eigenvalue weighted by Crippen LogP contribution is 2.17. The Morgan fingerprint density at radius 2 is 2.10 bits per heavy atom. The topological polar surface area (TPSA) is 63.2 Å². The molecule has 2 rings (SSSR count). The number of benzene rings is 1. The third kappa shape index (κ3) is 4.44. The lowest BCUT2D eigenvalue weighted by atomic mass is 10.2. The maximum Gasteiger partial charge on any atom is 0.257 e. The molecule has 0 unspecified atom stereocenters. The summed E-state index contributed by atoms with van der Waals surface area (Å²) in [6.45, 7) is 1.28. The molecule has 1 aromatic carbocycles. The summed E-state index contributed by atoms with van der Waals surface area (Å²) in [4.78, 5) is 16.3. The molecule has 6 heteroatoms. The van der Waals surface area contributed by atoms with Gasteiger partial charge in [0.2, 0.25) is 0 Å². The summed E-state index contributed by atoms with van der Waals surface area (Å²) in [5.74, 6) is 0.463. The van der Waals surface area contributed by atoms with Gasteiger partial charge in [0, 0.05) is 13.7 Å². The summed E-state index contributed by atoms with van der Waals surface area (Å²) in [5.41, 5.74) is 1.04. The Morgan fingerprint density at radius 1 is 1.29 bits per heavy atom. The van der Waals surface area contributed by atoms with Crippen molar-refractivity contribution in [2.75, 3.05) is 30.9 Å².